The number of hydrogen-bond donors (Lipinski definition) is 1. The van der Waals surface area contributed by atoms with Gasteiger partial charge in [0.05, 0.1) is 6.61 Å². The largest absolute Gasteiger partial charge is 0.491 e. The molecule has 1 aromatic carbocycles. The van der Waals surface area contributed by atoms with Crippen molar-refractivity contribution >= 4 is 0 Å². The molecule has 0 aromatic heterocycles. The number of para-hydroxylation sites is 1. The van der Waals surface area contributed by atoms with Crippen molar-refractivity contribution in [2.24, 2.45) is 5.92 Å². The van der Waals surface area contributed by atoms with Gasteiger partial charge in [-0.15, -0.1) is 0 Å². The number of hydrogen-bond acceptors (Lipinski definition) is 4. The topological polar surface area (TPSA) is 41.9 Å². The first-order valence-electron chi connectivity index (χ1n) is 7.19. The number of methoxy groups -OCH3 is 1. The van der Waals surface area contributed by atoms with Gasteiger partial charge in [0, 0.05) is 26.7 Å². The van der Waals surface area contributed by atoms with Crippen molar-refractivity contribution in [1.29, 1.82) is 0 Å². The summed E-state index contributed by atoms with van der Waals surface area (Å²) >= 11 is 0. The van der Waals surface area contributed by atoms with Crippen molar-refractivity contribution in [2.45, 2.75) is 20.0 Å². The van der Waals surface area contributed by atoms with Gasteiger partial charge in [-0.05, 0) is 18.1 Å². The normalized spacial score (nSPS) is 12.9. The fourth-order valence-corrected chi connectivity index (χ4v) is 2.05. The number of rotatable bonds is 10. The maximum atomic E-state index is 10.1. The van der Waals surface area contributed by atoms with Crippen molar-refractivity contribution in [3.63, 3.8) is 0 Å². The van der Waals surface area contributed by atoms with E-state index in [4.69, 9.17) is 9.47 Å². The van der Waals surface area contributed by atoms with Gasteiger partial charge in [0.1, 0.15) is 18.5 Å². The predicted molar refractivity (Wildman–Crippen MR) is 81.1 cm³/mol. The molecule has 0 amide bonds. The Balaban J connectivity index is 2.34. The van der Waals surface area contributed by atoms with Crippen LogP contribution < -0.4 is 4.74 Å². The zero-order chi connectivity index (χ0) is 14.8. The van der Waals surface area contributed by atoms with Crippen LogP contribution >= 0.6 is 0 Å². The summed E-state index contributed by atoms with van der Waals surface area (Å²) in [5.74, 6) is 1.35. The van der Waals surface area contributed by atoms with Gasteiger partial charge in [-0.25, -0.2) is 0 Å². The molecule has 4 nitrogen and oxygen atoms in total. The monoisotopic (exact) mass is 281 g/mol. The zero-order valence-corrected chi connectivity index (χ0v) is 12.8. The lowest BCUT2D eigenvalue weighted by atomic mass is 10.2. The maximum absolute atomic E-state index is 10.1. The van der Waals surface area contributed by atoms with E-state index in [2.05, 4.69) is 18.7 Å². The van der Waals surface area contributed by atoms with Gasteiger partial charge in [-0.1, -0.05) is 32.0 Å². The third kappa shape index (κ3) is 7.48. The minimum Gasteiger partial charge on any atom is -0.491 e. The van der Waals surface area contributed by atoms with Crippen molar-refractivity contribution in [3.8, 4) is 5.75 Å². The zero-order valence-electron chi connectivity index (χ0n) is 12.8. The summed E-state index contributed by atoms with van der Waals surface area (Å²) in [6.45, 7) is 7.72. The summed E-state index contributed by atoms with van der Waals surface area (Å²) in [7, 11) is 1.70. The molecule has 0 saturated heterocycles. The van der Waals surface area contributed by atoms with Crippen LogP contribution in [0.1, 0.15) is 13.8 Å². The first-order valence-corrected chi connectivity index (χ1v) is 7.19. The standard InChI is InChI=1S/C16H27NO3/c1-14(2)11-17(9-10-19-3)12-15(18)13-20-16-7-5-4-6-8-16/h4-8,14-15,18H,9-13H2,1-3H3. The Labute approximate surface area is 122 Å². The molecule has 1 N–H and O–H groups in total. The van der Waals surface area contributed by atoms with Crippen LogP contribution in [-0.4, -0.2) is 56.1 Å². The van der Waals surface area contributed by atoms with Gasteiger partial charge in [0.2, 0.25) is 0 Å². The summed E-state index contributed by atoms with van der Waals surface area (Å²) in [4.78, 5) is 2.22. The van der Waals surface area contributed by atoms with Crippen LogP contribution in [0.4, 0.5) is 0 Å². The molecule has 0 fully saturated rings. The molecule has 0 aliphatic carbocycles. The lowest BCUT2D eigenvalue weighted by Gasteiger charge is -2.26. The predicted octanol–water partition coefficient (Wildman–Crippen LogP) is 2.03. The van der Waals surface area contributed by atoms with Crippen LogP contribution in [0, 0.1) is 5.92 Å². The third-order valence-corrected chi connectivity index (χ3v) is 2.89. The molecule has 1 aromatic rings. The molecule has 1 rings (SSSR count). The van der Waals surface area contributed by atoms with E-state index in [1.54, 1.807) is 7.11 Å². The number of aliphatic hydroxyl groups excluding tert-OH is 1. The van der Waals surface area contributed by atoms with Crippen molar-refractivity contribution in [3.05, 3.63) is 30.3 Å². The summed E-state index contributed by atoms with van der Waals surface area (Å²) in [5, 5.41) is 10.1. The van der Waals surface area contributed by atoms with Gasteiger partial charge in [-0.2, -0.15) is 0 Å². The molecule has 1 atom stereocenters. The Morgan fingerprint density at radius 1 is 1.15 bits per heavy atom. The highest BCUT2D eigenvalue weighted by Crippen LogP contribution is 2.09. The van der Waals surface area contributed by atoms with Gasteiger partial charge in [0.25, 0.3) is 0 Å². The molecular weight excluding hydrogens is 254 g/mol. The van der Waals surface area contributed by atoms with Gasteiger partial charge in [-0.3, -0.25) is 4.90 Å². The minimum absolute atomic E-state index is 0.311. The van der Waals surface area contributed by atoms with E-state index in [0.717, 1.165) is 18.8 Å². The van der Waals surface area contributed by atoms with Crippen LogP contribution in [0.5, 0.6) is 5.75 Å². The third-order valence-electron chi connectivity index (χ3n) is 2.89. The van der Waals surface area contributed by atoms with E-state index in [9.17, 15) is 5.11 Å². The van der Waals surface area contributed by atoms with Gasteiger partial charge in [0.15, 0.2) is 0 Å². The first-order chi connectivity index (χ1) is 9.61. The molecule has 0 heterocycles. The Morgan fingerprint density at radius 2 is 1.85 bits per heavy atom. The summed E-state index contributed by atoms with van der Waals surface area (Å²) in [6.07, 6.45) is -0.495. The highest BCUT2D eigenvalue weighted by atomic mass is 16.5. The van der Waals surface area contributed by atoms with E-state index < -0.39 is 6.10 Å². The first kappa shape index (κ1) is 17.0. The molecule has 114 valence electrons. The highest BCUT2D eigenvalue weighted by molar-refractivity contribution is 5.20. The lowest BCUT2D eigenvalue weighted by Crippen LogP contribution is -2.39. The molecule has 0 aliphatic rings. The fourth-order valence-electron chi connectivity index (χ4n) is 2.05. The van der Waals surface area contributed by atoms with E-state index in [1.165, 1.54) is 0 Å². The molecule has 20 heavy (non-hydrogen) atoms. The number of aliphatic hydroxyl groups is 1. The second-order valence-corrected chi connectivity index (χ2v) is 5.42. The van der Waals surface area contributed by atoms with E-state index in [0.29, 0.717) is 25.7 Å². The quantitative estimate of drug-likeness (QED) is 0.712. The molecule has 0 radical (unpaired) electrons. The summed E-state index contributed by atoms with van der Waals surface area (Å²) in [5.41, 5.74) is 0. The van der Waals surface area contributed by atoms with Crippen LogP contribution in [0.3, 0.4) is 0 Å². The van der Waals surface area contributed by atoms with Crippen LogP contribution in [0.2, 0.25) is 0 Å². The molecular formula is C16H27NO3. The van der Waals surface area contributed by atoms with Crippen molar-refractivity contribution < 1.29 is 14.6 Å². The second kappa shape index (κ2) is 9.75. The van der Waals surface area contributed by atoms with Crippen LogP contribution in [0.15, 0.2) is 30.3 Å². The maximum Gasteiger partial charge on any atom is 0.119 e. The Bertz CT molecular complexity index is 343. The fraction of sp³-hybridized carbons (Fsp3) is 0.625. The Hall–Kier alpha value is -1.10. The van der Waals surface area contributed by atoms with Gasteiger partial charge < -0.3 is 14.6 Å². The summed E-state index contributed by atoms with van der Waals surface area (Å²) < 4.78 is 10.7. The number of nitrogens with zero attached hydrogens (tertiary/aromatic N) is 1. The van der Waals surface area contributed by atoms with Crippen molar-refractivity contribution in [1.82, 2.24) is 4.90 Å². The Morgan fingerprint density at radius 3 is 2.45 bits per heavy atom. The van der Waals surface area contributed by atoms with Gasteiger partial charge >= 0.3 is 0 Å². The van der Waals surface area contributed by atoms with Crippen molar-refractivity contribution in [2.75, 3.05) is 40.0 Å². The molecule has 0 aliphatic heterocycles. The Kier molecular flexibility index (Phi) is 8.26. The van der Waals surface area contributed by atoms with Crippen LogP contribution in [-0.2, 0) is 4.74 Å². The van der Waals surface area contributed by atoms with E-state index in [1.807, 2.05) is 30.3 Å². The molecule has 0 spiro atoms. The SMILES string of the molecule is COCCN(CC(C)C)CC(O)COc1ccccc1. The summed E-state index contributed by atoms with van der Waals surface area (Å²) in [6, 6.07) is 9.57. The number of benzene rings is 1. The van der Waals surface area contributed by atoms with E-state index in [-0.39, 0.29) is 0 Å². The van der Waals surface area contributed by atoms with Crippen LogP contribution in [0.25, 0.3) is 0 Å². The lowest BCUT2D eigenvalue weighted by molar-refractivity contribution is 0.0529. The molecule has 0 bridgehead atoms. The smallest absolute Gasteiger partial charge is 0.119 e. The second-order valence-electron chi connectivity index (χ2n) is 5.42. The number of ether oxygens (including phenoxy) is 2. The molecule has 1 unspecified atom stereocenters. The molecule has 4 heteroatoms. The molecule has 0 saturated carbocycles. The minimum atomic E-state index is -0.495. The highest BCUT2D eigenvalue weighted by Gasteiger charge is 2.13. The average Bonchev–Trinajstić information content (AvgIpc) is 2.43. The van der Waals surface area contributed by atoms with E-state index >= 15 is 0 Å². The average molecular weight is 281 g/mol.